The molecule has 0 aromatic heterocycles. The molecule has 0 saturated carbocycles. The molecular weight excluding hydrogens is 120 g/mol. The van der Waals surface area contributed by atoms with Crippen LogP contribution in [0.1, 0.15) is 6.92 Å². The zero-order valence-electron chi connectivity index (χ0n) is 5.20. The van der Waals surface area contributed by atoms with E-state index >= 15 is 0 Å². The minimum atomic E-state index is -0.265. The number of nitrogens with one attached hydrogen (secondary N) is 2. The summed E-state index contributed by atoms with van der Waals surface area (Å²) in [6, 6.07) is 0. The summed E-state index contributed by atoms with van der Waals surface area (Å²) in [5.41, 5.74) is 18.2. The predicted molar refractivity (Wildman–Crippen MR) is 33.9 cm³/mol. The molecule has 0 rings (SSSR count). The first kappa shape index (κ1) is 8.19. The Labute approximate surface area is 53.0 Å². The van der Waals surface area contributed by atoms with Gasteiger partial charge in [0.1, 0.15) is 0 Å². The molecule has 0 saturated heterocycles. The maximum atomic E-state index is 7.90. The van der Waals surface area contributed by atoms with Crippen LogP contribution >= 0.6 is 0 Å². The van der Waals surface area contributed by atoms with E-state index in [1.54, 1.807) is 6.92 Å². The van der Waals surface area contributed by atoms with E-state index in [-0.39, 0.29) is 6.17 Å². The summed E-state index contributed by atoms with van der Waals surface area (Å²) in [5, 5.41) is 3.31. The average molecular weight is 130 g/mol. The van der Waals surface area contributed by atoms with Gasteiger partial charge in [-0.05, 0) is 12.5 Å². The molecule has 6 nitrogen and oxygen atoms in total. The number of rotatable bonds is 4. The topological polar surface area (TPSA) is 98.8 Å². The highest BCUT2D eigenvalue weighted by molar-refractivity contribution is 4.52. The Morgan fingerprint density at radius 2 is 2.56 bits per heavy atom. The van der Waals surface area contributed by atoms with Crippen molar-refractivity contribution in [1.82, 2.24) is 10.9 Å². The Hall–Kier alpha value is -0.810. The number of azide groups is 1. The lowest BCUT2D eigenvalue weighted by atomic mass is 10.6. The van der Waals surface area contributed by atoms with Crippen molar-refractivity contribution in [3.05, 3.63) is 10.4 Å². The molecular formula is C3H10N6. The van der Waals surface area contributed by atoms with Crippen molar-refractivity contribution >= 4 is 0 Å². The number of hydrazine groups is 1. The van der Waals surface area contributed by atoms with E-state index in [1.165, 1.54) is 0 Å². The van der Waals surface area contributed by atoms with Gasteiger partial charge in [0.15, 0.2) is 0 Å². The van der Waals surface area contributed by atoms with Crippen LogP contribution in [0.2, 0.25) is 0 Å². The number of hydrogen-bond acceptors (Lipinski definition) is 4. The zero-order valence-corrected chi connectivity index (χ0v) is 5.20. The molecule has 4 N–H and O–H groups in total. The number of nitrogens with zero attached hydrogens (tertiary/aromatic N) is 3. The van der Waals surface area contributed by atoms with E-state index < -0.39 is 0 Å². The van der Waals surface area contributed by atoms with Gasteiger partial charge >= 0.3 is 0 Å². The summed E-state index contributed by atoms with van der Waals surface area (Å²) in [6.45, 7) is 2.02. The summed E-state index contributed by atoms with van der Waals surface area (Å²) < 4.78 is 0. The Morgan fingerprint density at radius 1 is 1.89 bits per heavy atom. The van der Waals surface area contributed by atoms with E-state index in [2.05, 4.69) is 20.9 Å². The molecule has 9 heavy (non-hydrogen) atoms. The summed E-state index contributed by atoms with van der Waals surface area (Å²) in [7, 11) is 0. The second-order valence-corrected chi connectivity index (χ2v) is 1.41. The molecule has 0 heterocycles. The van der Waals surface area contributed by atoms with Gasteiger partial charge in [0.2, 0.25) is 0 Å². The maximum absolute atomic E-state index is 7.90. The van der Waals surface area contributed by atoms with E-state index in [1.807, 2.05) is 0 Å². The first-order valence-corrected chi connectivity index (χ1v) is 2.54. The highest BCUT2D eigenvalue weighted by atomic mass is 15.4. The third-order valence-corrected chi connectivity index (χ3v) is 0.638. The zero-order chi connectivity index (χ0) is 7.11. The van der Waals surface area contributed by atoms with Crippen LogP contribution in [0.4, 0.5) is 0 Å². The van der Waals surface area contributed by atoms with Crippen LogP contribution in [0.3, 0.4) is 0 Å². The summed E-state index contributed by atoms with van der Waals surface area (Å²) in [4.78, 5) is 2.57. The van der Waals surface area contributed by atoms with Crippen molar-refractivity contribution in [3.8, 4) is 0 Å². The fraction of sp³-hybridized carbons (Fsp3) is 1.00. The van der Waals surface area contributed by atoms with Gasteiger partial charge in [-0.3, -0.25) is 0 Å². The standard InChI is InChI=1S/C3H10N6/c1-3(8-9-5)7-6-2-4/h3,6-7H,2,4H2,1H3. The van der Waals surface area contributed by atoms with Crippen LogP contribution in [0.5, 0.6) is 0 Å². The monoisotopic (exact) mass is 130 g/mol. The van der Waals surface area contributed by atoms with Gasteiger partial charge in [0.25, 0.3) is 0 Å². The summed E-state index contributed by atoms with van der Waals surface area (Å²) in [5.74, 6) is 0. The second kappa shape index (κ2) is 5.33. The minimum Gasteiger partial charge on any atom is -0.317 e. The Kier molecular flexibility index (Phi) is 4.85. The SMILES string of the molecule is CC(N=[N+]=[N-])NNCN. The molecule has 1 atom stereocenters. The van der Waals surface area contributed by atoms with Crippen molar-refractivity contribution in [2.24, 2.45) is 10.8 Å². The van der Waals surface area contributed by atoms with Crippen LogP contribution in [-0.4, -0.2) is 12.8 Å². The molecule has 1 unspecified atom stereocenters. The quantitative estimate of drug-likeness (QED) is 0.159. The lowest BCUT2D eigenvalue weighted by Gasteiger charge is -2.05. The lowest BCUT2D eigenvalue weighted by molar-refractivity contribution is 0.466. The van der Waals surface area contributed by atoms with Crippen molar-refractivity contribution in [1.29, 1.82) is 0 Å². The molecule has 0 spiro atoms. The molecule has 0 aromatic carbocycles. The largest absolute Gasteiger partial charge is 0.317 e. The van der Waals surface area contributed by atoms with Gasteiger partial charge < -0.3 is 5.73 Å². The van der Waals surface area contributed by atoms with Gasteiger partial charge in [-0.1, -0.05) is 5.11 Å². The molecule has 0 radical (unpaired) electrons. The van der Waals surface area contributed by atoms with Gasteiger partial charge in [-0.25, -0.2) is 10.9 Å². The van der Waals surface area contributed by atoms with Gasteiger partial charge in [-0.2, -0.15) is 0 Å². The van der Waals surface area contributed by atoms with E-state index in [9.17, 15) is 0 Å². The molecule has 0 aliphatic carbocycles. The van der Waals surface area contributed by atoms with Gasteiger partial charge in [0, 0.05) is 4.91 Å². The highest BCUT2D eigenvalue weighted by Crippen LogP contribution is 1.78. The summed E-state index contributed by atoms with van der Waals surface area (Å²) in [6.07, 6.45) is -0.265. The average Bonchev–Trinajstić information content (AvgIpc) is 1.85. The third kappa shape index (κ3) is 5.05. The van der Waals surface area contributed by atoms with Crippen molar-refractivity contribution in [2.75, 3.05) is 6.67 Å². The minimum absolute atomic E-state index is 0.265. The first-order valence-electron chi connectivity index (χ1n) is 2.54. The van der Waals surface area contributed by atoms with E-state index in [4.69, 9.17) is 11.3 Å². The van der Waals surface area contributed by atoms with E-state index in [0.29, 0.717) is 6.67 Å². The summed E-state index contributed by atoms with van der Waals surface area (Å²) >= 11 is 0. The molecule has 0 aliphatic rings. The predicted octanol–water partition coefficient (Wildman–Crippen LogP) is -0.347. The second-order valence-electron chi connectivity index (χ2n) is 1.41. The molecule has 0 fully saturated rings. The molecule has 52 valence electrons. The Bertz CT molecular complexity index is 105. The smallest absolute Gasteiger partial charge is 0.0971 e. The third-order valence-electron chi connectivity index (χ3n) is 0.638. The van der Waals surface area contributed by atoms with Gasteiger partial charge in [0.05, 0.1) is 12.8 Å². The fourth-order valence-electron chi connectivity index (χ4n) is 0.313. The molecule has 0 bridgehead atoms. The van der Waals surface area contributed by atoms with Crippen molar-refractivity contribution in [3.63, 3.8) is 0 Å². The normalized spacial score (nSPS) is 12.2. The van der Waals surface area contributed by atoms with Crippen LogP contribution in [0.25, 0.3) is 10.4 Å². The Morgan fingerprint density at radius 3 is 3.00 bits per heavy atom. The number of nitrogens with two attached hydrogens (primary N) is 1. The maximum Gasteiger partial charge on any atom is 0.0971 e. The van der Waals surface area contributed by atoms with Crippen molar-refractivity contribution in [2.45, 2.75) is 13.1 Å². The van der Waals surface area contributed by atoms with Crippen molar-refractivity contribution < 1.29 is 0 Å². The highest BCUT2D eigenvalue weighted by Gasteiger charge is 1.90. The lowest BCUT2D eigenvalue weighted by Crippen LogP contribution is -2.41. The molecule has 6 heteroatoms. The fourth-order valence-corrected chi connectivity index (χ4v) is 0.313. The van der Waals surface area contributed by atoms with Gasteiger partial charge in [-0.15, -0.1) is 0 Å². The van der Waals surface area contributed by atoms with Crippen LogP contribution in [0.15, 0.2) is 5.11 Å². The Balaban J connectivity index is 3.26. The van der Waals surface area contributed by atoms with E-state index in [0.717, 1.165) is 0 Å². The molecule has 0 amide bonds. The molecule has 0 aliphatic heterocycles. The van der Waals surface area contributed by atoms with Crippen LogP contribution in [-0.2, 0) is 0 Å². The van der Waals surface area contributed by atoms with Crippen LogP contribution < -0.4 is 16.6 Å². The number of hydrogen-bond donors (Lipinski definition) is 3. The van der Waals surface area contributed by atoms with Crippen LogP contribution in [0, 0.1) is 0 Å². The first-order chi connectivity index (χ1) is 4.31. The molecule has 0 aromatic rings.